The highest BCUT2D eigenvalue weighted by molar-refractivity contribution is 5.81. The quantitative estimate of drug-likeness (QED) is 0.368. The second kappa shape index (κ2) is 8.01. The molecule has 0 spiro atoms. The van der Waals surface area contributed by atoms with Gasteiger partial charge in [-0.05, 0) is 71.7 Å². The molecule has 1 aromatic heterocycles. The number of fused-ring (bicyclic) bond motifs is 2. The minimum atomic E-state index is 0.474. The number of hydrogen-bond acceptors (Lipinski definition) is 4. The van der Waals surface area contributed by atoms with Gasteiger partial charge in [0.05, 0.1) is 11.0 Å². The molecule has 5 heteroatoms. The van der Waals surface area contributed by atoms with Crippen molar-refractivity contribution in [3.8, 4) is 11.4 Å². The van der Waals surface area contributed by atoms with Crippen molar-refractivity contribution in [2.45, 2.75) is 39.3 Å². The van der Waals surface area contributed by atoms with Gasteiger partial charge in [-0.15, -0.1) is 0 Å². The van der Waals surface area contributed by atoms with E-state index in [1.54, 1.807) is 0 Å². The third kappa shape index (κ3) is 4.03. The smallest absolute Gasteiger partial charge is 0.138 e. The van der Waals surface area contributed by atoms with E-state index in [2.05, 4.69) is 64.6 Å². The van der Waals surface area contributed by atoms with E-state index >= 15 is 0 Å². The lowest BCUT2D eigenvalue weighted by molar-refractivity contribution is 0.211. The highest BCUT2D eigenvalue weighted by Gasteiger charge is 2.39. The molecule has 168 valence electrons. The van der Waals surface area contributed by atoms with Crippen LogP contribution in [0, 0.1) is 5.41 Å². The fourth-order valence-electron chi connectivity index (χ4n) is 5.12. The van der Waals surface area contributed by atoms with E-state index in [1.165, 1.54) is 36.2 Å². The number of H-pyrrole nitrogens is 1. The molecule has 0 amide bonds. The number of para-hydroxylation sites is 2. The monoisotopic (exact) mass is 437 g/mol. The molecule has 0 unspecified atom stereocenters. The van der Waals surface area contributed by atoms with E-state index in [-0.39, 0.29) is 0 Å². The molecule has 5 nitrogen and oxygen atoms in total. The third-order valence-corrected chi connectivity index (χ3v) is 7.31. The Morgan fingerprint density at radius 2 is 1.97 bits per heavy atom. The Morgan fingerprint density at radius 3 is 2.79 bits per heavy atom. The highest BCUT2D eigenvalue weighted by atomic mass is 15.1. The second-order valence-electron chi connectivity index (χ2n) is 10.0. The lowest BCUT2D eigenvalue weighted by Crippen LogP contribution is -2.34. The minimum absolute atomic E-state index is 0.474. The van der Waals surface area contributed by atoms with Gasteiger partial charge < -0.3 is 16.0 Å². The first-order valence-corrected chi connectivity index (χ1v) is 12.0. The van der Waals surface area contributed by atoms with Crippen LogP contribution in [0.5, 0.6) is 0 Å². The molecule has 0 bridgehead atoms. The number of aromatic nitrogens is 2. The van der Waals surface area contributed by atoms with Gasteiger partial charge in [-0.3, -0.25) is 4.90 Å². The topological polar surface area (TPSA) is 70.0 Å². The Morgan fingerprint density at radius 1 is 1.09 bits per heavy atom. The Hall–Kier alpha value is -3.15. The van der Waals surface area contributed by atoms with Crippen LogP contribution in [0.3, 0.4) is 0 Å². The zero-order valence-electron chi connectivity index (χ0n) is 19.2. The van der Waals surface area contributed by atoms with Crippen molar-refractivity contribution in [3.63, 3.8) is 0 Å². The number of benzene rings is 3. The fraction of sp³-hybridized carbons (Fsp3) is 0.321. The molecule has 6 rings (SSSR count). The molecule has 4 aromatic rings. The number of imidazole rings is 1. The number of nitrogens with one attached hydrogen (secondary N) is 2. The number of anilines is 2. The maximum absolute atomic E-state index is 6.07. The SMILES string of the molecule is CC1(CN2CCc3c(cccc3Nc3ccc(CN)c(-c4nc5ccccc5[nH]4)c3)C2)CC1. The molecule has 4 N–H and O–H groups in total. The van der Waals surface area contributed by atoms with E-state index < -0.39 is 0 Å². The van der Waals surface area contributed by atoms with Gasteiger partial charge in [-0.2, -0.15) is 0 Å². The number of hydrogen-bond donors (Lipinski definition) is 3. The van der Waals surface area contributed by atoms with Crippen LogP contribution in [-0.4, -0.2) is 28.0 Å². The molecule has 1 saturated carbocycles. The van der Waals surface area contributed by atoms with Gasteiger partial charge in [0.2, 0.25) is 0 Å². The van der Waals surface area contributed by atoms with Gasteiger partial charge in [-0.1, -0.05) is 37.3 Å². The van der Waals surface area contributed by atoms with Crippen LogP contribution in [0.2, 0.25) is 0 Å². The van der Waals surface area contributed by atoms with Crippen LogP contribution >= 0.6 is 0 Å². The predicted molar refractivity (Wildman–Crippen MR) is 135 cm³/mol. The largest absolute Gasteiger partial charge is 0.355 e. The van der Waals surface area contributed by atoms with Gasteiger partial charge in [-0.25, -0.2) is 4.98 Å². The summed E-state index contributed by atoms with van der Waals surface area (Å²) in [4.78, 5) is 10.9. The Bertz CT molecular complexity index is 1280. The highest BCUT2D eigenvalue weighted by Crippen LogP contribution is 2.46. The van der Waals surface area contributed by atoms with Crippen molar-refractivity contribution in [1.29, 1.82) is 0 Å². The summed E-state index contributed by atoms with van der Waals surface area (Å²) in [5.41, 5.74) is 15.9. The van der Waals surface area contributed by atoms with Crippen LogP contribution < -0.4 is 11.1 Å². The first-order valence-electron chi connectivity index (χ1n) is 12.0. The van der Waals surface area contributed by atoms with E-state index in [0.29, 0.717) is 12.0 Å². The molecule has 1 fully saturated rings. The second-order valence-corrected chi connectivity index (χ2v) is 10.0. The van der Waals surface area contributed by atoms with E-state index in [9.17, 15) is 0 Å². The van der Waals surface area contributed by atoms with Crippen molar-refractivity contribution in [2.75, 3.05) is 18.4 Å². The van der Waals surface area contributed by atoms with Crippen molar-refractivity contribution >= 4 is 22.4 Å². The van der Waals surface area contributed by atoms with Gasteiger partial charge >= 0.3 is 0 Å². The van der Waals surface area contributed by atoms with E-state index in [4.69, 9.17) is 10.7 Å². The normalized spacial score (nSPS) is 17.2. The molecule has 1 aliphatic carbocycles. The van der Waals surface area contributed by atoms with Crippen LogP contribution in [0.4, 0.5) is 11.4 Å². The maximum atomic E-state index is 6.07. The van der Waals surface area contributed by atoms with Crippen molar-refractivity contribution in [3.05, 3.63) is 77.4 Å². The minimum Gasteiger partial charge on any atom is -0.355 e. The summed E-state index contributed by atoms with van der Waals surface area (Å²) in [6.07, 6.45) is 3.85. The number of aromatic amines is 1. The van der Waals surface area contributed by atoms with Crippen molar-refractivity contribution in [2.24, 2.45) is 11.1 Å². The molecule has 2 aliphatic rings. The molecule has 1 aliphatic heterocycles. The van der Waals surface area contributed by atoms with Gasteiger partial charge in [0.15, 0.2) is 0 Å². The molecule has 0 saturated heterocycles. The fourth-order valence-corrected chi connectivity index (χ4v) is 5.12. The number of rotatable bonds is 6. The first-order chi connectivity index (χ1) is 16.1. The number of nitrogens with two attached hydrogens (primary N) is 1. The zero-order chi connectivity index (χ0) is 22.4. The van der Waals surface area contributed by atoms with E-state index in [0.717, 1.165) is 53.2 Å². The lowest BCUT2D eigenvalue weighted by Gasteiger charge is -2.32. The van der Waals surface area contributed by atoms with Gasteiger partial charge in [0, 0.05) is 43.1 Å². The molecule has 0 radical (unpaired) electrons. The van der Waals surface area contributed by atoms with Crippen molar-refractivity contribution < 1.29 is 0 Å². The molecule has 33 heavy (non-hydrogen) atoms. The summed E-state index contributed by atoms with van der Waals surface area (Å²) in [5, 5.41) is 3.70. The molecule has 3 aromatic carbocycles. The summed E-state index contributed by atoms with van der Waals surface area (Å²) < 4.78 is 0. The summed E-state index contributed by atoms with van der Waals surface area (Å²) in [5.74, 6) is 0.861. The van der Waals surface area contributed by atoms with Gasteiger partial charge in [0.1, 0.15) is 5.82 Å². The standard InChI is InChI=1S/C28H31N5/c1-28(12-13-28)18-33-14-11-22-20(17-33)5-4-8-24(22)30-21-10-9-19(16-29)23(15-21)27-31-25-6-2-3-7-26(25)32-27/h2-10,15,30H,11-14,16-18,29H2,1H3,(H,31,32). The zero-order valence-corrected chi connectivity index (χ0v) is 19.2. The van der Waals surface area contributed by atoms with Crippen molar-refractivity contribution in [1.82, 2.24) is 14.9 Å². The predicted octanol–water partition coefficient (Wildman–Crippen LogP) is 5.59. The summed E-state index contributed by atoms with van der Waals surface area (Å²) in [6.45, 7) is 6.31. The lowest BCUT2D eigenvalue weighted by atomic mass is 9.96. The molecular weight excluding hydrogens is 406 g/mol. The molecule has 0 atom stereocenters. The Labute approximate surface area is 195 Å². The maximum Gasteiger partial charge on any atom is 0.138 e. The Balaban J connectivity index is 1.29. The summed E-state index contributed by atoms with van der Waals surface area (Å²) >= 11 is 0. The summed E-state index contributed by atoms with van der Waals surface area (Å²) in [7, 11) is 0. The summed E-state index contributed by atoms with van der Waals surface area (Å²) in [6, 6.07) is 21.2. The average molecular weight is 438 g/mol. The first kappa shape index (κ1) is 20.5. The molecular formula is C28H31N5. The Kier molecular flexibility index (Phi) is 4.97. The van der Waals surface area contributed by atoms with Gasteiger partial charge in [0.25, 0.3) is 0 Å². The average Bonchev–Trinajstić information content (AvgIpc) is 3.39. The van der Waals surface area contributed by atoms with E-state index in [1.807, 2.05) is 18.2 Å². The third-order valence-electron chi connectivity index (χ3n) is 7.31. The van der Waals surface area contributed by atoms with Crippen LogP contribution in [0.15, 0.2) is 60.7 Å². The van der Waals surface area contributed by atoms with Crippen LogP contribution in [0.1, 0.15) is 36.5 Å². The van der Waals surface area contributed by atoms with Crippen LogP contribution in [-0.2, 0) is 19.5 Å². The van der Waals surface area contributed by atoms with Crippen LogP contribution in [0.25, 0.3) is 22.4 Å². The number of nitrogens with zero attached hydrogens (tertiary/aromatic N) is 2. The molecule has 2 heterocycles.